The first-order valence-corrected chi connectivity index (χ1v) is 6.13. The van der Waals surface area contributed by atoms with Crippen molar-refractivity contribution in [3.05, 3.63) is 29.3 Å². The van der Waals surface area contributed by atoms with Crippen LogP contribution in [0.4, 0.5) is 5.69 Å². The topological polar surface area (TPSA) is 82.1 Å². The van der Waals surface area contributed by atoms with Crippen molar-refractivity contribution in [1.29, 1.82) is 0 Å². The molecule has 2 rings (SSSR count). The van der Waals surface area contributed by atoms with Crippen LogP contribution >= 0.6 is 0 Å². The number of benzene rings is 1. The minimum absolute atomic E-state index is 0.109. The standard InChI is InChI=1S/C13H19N3O2/c1-9-4-5-12(11(7-9)13(14)15-18)16-6-2-3-10(16)8-17/h4-5,7,10,17-18H,2-3,6,8H2,1H3,(H2,14,15). The Balaban J connectivity index is 2.43. The molecule has 1 aromatic rings. The number of nitrogens with zero attached hydrogens (tertiary/aromatic N) is 2. The molecule has 1 saturated heterocycles. The Morgan fingerprint density at radius 1 is 1.56 bits per heavy atom. The van der Waals surface area contributed by atoms with Gasteiger partial charge in [-0.25, -0.2) is 0 Å². The van der Waals surface area contributed by atoms with Crippen LogP contribution in [-0.2, 0) is 0 Å². The van der Waals surface area contributed by atoms with E-state index in [0.717, 1.165) is 36.2 Å². The lowest BCUT2D eigenvalue weighted by atomic mass is 10.1. The zero-order valence-corrected chi connectivity index (χ0v) is 10.5. The molecule has 1 aliphatic heterocycles. The number of hydrogen-bond donors (Lipinski definition) is 3. The molecule has 5 heteroatoms. The molecule has 0 bridgehead atoms. The highest BCUT2D eigenvalue weighted by molar-refractivity contribution is 6.02. The van der Waals surface area contributed by atoms with Crippen molar-refractivity contribution in [3.63, 3.8) is 0 Å². The van der Waals surface area contributed by atoms with Crippen molar-refractivity contribution in [3.8, 4) is 0 Å². The fraction of sp³-hybridized carbons (Fsp3) is 0.462. The molecule has 18 heavy (non-hydrogen) atoms. The molecule has 1 atom stereocenters. The third kappa shape index (κ3) is 2.26. The fourth-order valence-corrected chi connectivity index (χ4v) is 2.50. The van der Waals surface area contributed by atoms with Gasteiger partial charge in [0, 0.05) is 17.8 Å². The average molecular weight is 249 g/mol. The molecular formula is C13H19N3O2. The number of hydrogen-bond acceptors (Lipinski definition) is 4. The zero-order chi connectivity index (χ0) is 13.1. The van der Waals surface area contributed by atoms with Crippen LogP contribution in [-0.4, -0.2) is 35.3 Å². The Hall–Kier alpha value is -1.75. The minimum atomic E-state index is 0.109. The average Bonchev–Trinajstić information content (AvgIpc) is 2.85. The summed E-state index contributed by atoms with van der Waals surface area (Å²) in [4.78, 5) is 2.13. The summed E-state index contributed by atoms with van der Waals surface area (Å²) in [5, 5.41) is 21.3. The van der Waals surface area contributed by atoms with Crippen LogP contribution in [0, 0.1) is 6.92 Å². The summed E-state index contributed by atoms with van der Waals surface area (Å²) in [6, 6.07) is 5.99. The van der Waals surface area contributed by atoms with Crippen molar-refractivity contribution >= 4 is 11.5 Å². The number of amidine groups is 1. The van der Waals surface area contributed by atoms with Crippen LogP contribution < -0.4 is 10.6 Å². The lowest BCUT2D eigenvalue weighted by molar-refractivity contribution is 0.266. The third-order valence-corrected chi connectivity index (χ3v) is 3.43. The molecule has 5 nitrogen and oxygen atoms in total. The van der Waals surface area contributed by atoms with E-state index in [2.05, 4.69) is 10.1 Å². The Morgan fingerprint density at radius 2 is 2.33 bits per heavy atom. The van der Waals surface area contributed by atoms with E-state index in [0.29, 0.717) is 0 Å². The van der Waals surface area contributed by atoms with E-state index < -0.39 is 0 Å². The van der Waals surface area contributed by atoms with Gasteiger partial charge in [-0.2, -0.15) is 0 Å². The van der Waals surface area contributed by atoms with Gasteiger partial charge in [0.25, 0.3) is 0 Å². The molecule has 0 radical (unpaired) electrons. The normalized spacial score (nSPS) is 20.4. The highest BCUT2D eigenvalue weighted by Gasteiger charge is 2.26. The molecule has 0 aromatic heterocycles. The summed E-state index contributed by atoms with van der Waals surface area (Å²) >= 11 is 0. The van der Waals surface area contributed by atoms with E-state index in [4.69, 9.17) is 10.9 Å². The van der Waals surface area contributed by atoms with Gasteiger partial charge in [0.15, 0.2) is 5.84 Å². The molecule has 0 spiro atoms. The highest BCUT2D eigenvalue weighted by atomic mass is 16.4. The smallest absolute Gasteiger partial charge is 0.172 e. The lowest BCUT2D eigenvalue weighted by Gasteiger charge is -2.27. The first-order valence-electron chi connectivity index (χ1n) is 6.13. The minimum Gasteiger partial charge on any atom is -0.409 e. The SMILES string of the molecule is Cc1ccc(N2CCCC2CO)c(/C(N)=N/O)c1. The summed E-state index contributed by atoms with van der Waals surface area (Å²) in [5.74, 6) is 0.109. The molecule has 0 aliphatic carbocycles. The van der Waals surface area contributed by atoms with Gasteiger partial charge in [-0.1, -0.05) is 16.8 Å². The van der Waals surface area contributed by atoms with Crippen LogP contribution in [0.15, 0.2) is 23.4 Å². The predicted molar refractivity (Wildman–Crippen MR) is 71.1 cm³/mol. The Kier molecular flexibility index (Phi) is 3.72. The molecule has 1 heterocycles. The molecule has 1 aliphatic rings. The van der Waals surface area contributed by atoms with Crippen LogP contribution in [0.1, 0.15) is 24.0 Å². The zero-order valence-electron chi connectivity index (χ0n) is 10.5. The predicted octanol–water partition coefficient (Wildman–Crippen LogP) is 1.05. The first-order chi connectivity index (χ1) is 8.67. The fourth-order valence-electron chi connectivity index (χ4n) is 2.50. The van der Waals surface area contributed by atoms with Gasteiger partial charge in [-0.3, -0.25) is 0 Å². The second-order valence-corrected chi connectivity index (χ2v) is 4.68. The number of nitrogens with two attached hydrogens (primary N) is 1. The van der Waals surface area contributed by atoms with E-state index in [1.54, 1.807) is 0 Å². The second-order valence-electron chi connectivity index (χ2n) is 4.68. The quantitative estimate of drug-likeness (QED) is 0.324. The van der Waals surface area contributed by atoms with Gasteiger partial charge < -0.3 is 20.9 Å². The molecule has 1 fully saturated rings. The molecule has 4 N–H and O–H groups in total. The molecule has 0 amide bonds. The van der Waals surface area contributed by atoms with Gasteiger partial charge >= 0.3 is 0 Å². The third-order valence-electron chi connectivity index (χ3n) is 3.43. The van der Waals surface area contributed by atoms with Crippen molar-refractivity contribution < 1.29 is 10.3 Å². The number of aliphatic hydroxyl groups is 1. The van der Waals surface area contributed by atoms with Crippen LogP contribution in [0.3, 0.4) is 0 Å². The van der Waals surface area contributed by atoms with E-state index in [1.165, 1.54) is 0 Å². The first kappa shape index (κ1) is 12.7. The summed E-state index contributed by atoms with van der Waals surface area (Å²) in [7, 11) is 0. The number of rotatable bonds is 3. The summed E-state index contributed by atoms with van der Waals surface area (Å²) in [6.07, 6.45) is 2.02. The lowest BCUT2D eigenvalue weighted by Crippen LogP contribution is -2.34. The number of anilines is 1. The molecular weight excluding hydrogens is 230 g/mol. The maximum Gasteiger partial charge on any atom is 0.172 e. The van der Waals surface area contributed by atoms with Crippen LogP contribution in [0.5, 0.6) is 0 Å². The van der Waals surface area contributed by atoms with E-state index in [1.807, 2.05) is 25.1 Å². The van der Waals surface area contributed by atoms with Crippen molar-refractivity contribution in [1.82, 2.24) is 0 Å². The molecule has 1 aromatic carbocycles. The van der Waals surface area contributed by atoms with Gasteiger partial charge in [0.05, 0.1) is 12.6 Å². The second kappa shape index (κ2) is 5.27. The van der Waals surface area contributed by atoms with Crippen LogP contribution in [0.2, 0.25) is 0 Å². The Bertz CT molecular complexity index is 460. The number of aryl methyl sites for hydroxylation is 1. The Labute approximate surface area is 107 Å². The summed E-state index contributed by atoms with van der Waals surface area (Å²) in [5.41, 5.74) is 8.43. The number of aliphatic hydroxyl groups excluding tert-OH is 1. The summed E-state index contributed by atoms with van der Waals surface area (Å²) < 4.78 is 0. The largest absolute Gasteiger partial charge is 0.409 e. The van der Waals surface area contributed by atoms with E-state index in [-0.39, 0.29) is 18.5 Å². The Morgan fingerprint density at radius 3 is 3.00 bits per heavy atom. The van der Waals surface area contributed by atoms with E-state index >= 15 is 0 Å². The maximum absolute atomic E-state index is 9.39. The van der Waals surface area contributed by atoms with Crippen molar-refractivity contribution in [2.75, 3.05) is 18.1 Å². The molecule has 0 saturated carbocycles. The van der Waals surface area contributed by atoms with Crippen LogP contribution in [0.25, 0.3) is 0 Å². The molecule has 1 unspecified atom stereocenters. The monoisotopic (exact) mass is 249 g/mol. The number of oxime groups is 1. The van der Waals surface area contributed by atoms with Gasteiger partial charge in [0.2, 0.25) is 0 Å². The van der Waals surface area contributed by atoms with E-state index in [9.17, 15) is 5.11 Å². The van der Waals surface area contributed by atoms with Crippen molar-refractivity contribution in [2.45, 2.75) is 25.8 Å². The highest BCUT2D eigenvalue weighted by Crippen LogP contribution is 2.29. The van der Waals surface area contributed by atoms with Gasteiger partial charge in [0.1, 0.15) is 0 Å². The van der Waals surface area contributed by atoms with Crippen molar-refractivity contribution in [2.24, 2.45) is 10.9 Å². The maximum atomic E-state index is 9.39. The molecule has 98 valence electrons. The summed E-state index contributed by atoms with van der Waals surface area (Å²) in [6.45, 7) is 2.98. The van der Waals surface area contributed by atoms with Gasteiger partial charge in [-0.05, 0) is 31.9 Å². The van der Waals surface area contributed by atoms with Gasteiger partial charge in [-0.15, -0.1) is 0 Å².